The summed E-state index contributed by atoms with van der Waals surface area (Å²) >= 11 is 5.12. The van der Waals surface area contributed by atoms with Gasteiger partial charge in [-0.3, -0.25) is 0 Å². The Balaban J connectivity index is 1.61. The monoisotopic (exact) mass is 403 g/mol. The van der Waals surface area contributed by atoms with Crippen LogP contribution in [-0.2, 0) is 19.4 Å². The van der Waals surface area contributed by atoms with E-state index in [4.69, 9.17) is 4.74 Å². The van der Waals surface area contributed by atoms with Crippen LogP contribution < -0.4 is 4.74 Å². The largest absolute Gasteiger partial charge is 0.485 e. The van der Waals surface area contributed by atoms with Crippen LogP contribution in [0, 0.1) is 6.92 Å². The molecule has 0 aliphatic heterocycles. The second kappa shape index (κ2) is 7.85. The number of aryl methyl sites for hydroxylation is 1. The Kier molecular flexibility index (Phi) is 5.58. The number of hydrogen-bond donors (Lipinski definition) is 0. The van der Waals surface area contributed by atoms with Crippen molar-refractivity contribution in [3.63, 3.8) is 0 Å². The summed E-state index contributed by atoms with van der Waals surface area (Å²) in [7, 11) is 1.97. The van der Waals surface area contributed by atoms with Gasteiger partial charge < -0.3 is 9.30 Å². The highest BCUT2D eigenvalue weighted by Gasteiger charge is 2.10. The van der Waals surface area contributed by atoms with Crippen molar-refractivity contribution in [3.8, 4) is 5.75 Å². The third-order valence-electron chi connectivity index (χ3n) is 3.66. The predicted octanol–water partition coefficient (Wildman–Crippen LogP) is 4.76. The fourth-order valence-electron chi connectivity index (χ4n) is 2.19. The van der Waals surface area contributed by atoms with Crippen LogP contribution in [0.25, 0.3) is 0 Å². The zero-order valence-electron chi connectivity index (χ0n) is 13.6. The van der Waals surface area contributed by atoms with E-state index in [-0.39, 0.29) is 0 Å². The van der Waals surface area contributed by atoms with Crippen LogP contribution in [0.1, 0.15) is 17.0 Å². The minimum atomic E-state index is 0.410. The van der Waals surface area contributed by atoms with Crippen molar-refractivity contribution >= 4 is 27.7 Å². The number of rotatable bonds is 6. The van der Waals surface area contributed by atoms with Gasteiger partial charge in [0.25, 0.3) is 0 Å². The SMILES string of the molecule is Cc1ccccc1OCc1nnc(SCc2ccc(Br)cc2)n1C. The first-order valence-electron chi connectivity index (χ1n) is 7.57. The number of ether oxygens (including phenoxy) is 1. The van der Waals surface area contributed by atoms with E-state index in [2.05, 4.69) is 38.3 Å². The fraction of sp³-hybridized carbons (Fsp3) is 0.222. The number of nitrogens with zero attached hydrogens (tertiary/aromatic N) is 3. The van der Waals surface area contributed by atoms with E-state index in [1.165, 1.54) is 5.56 Å². The van der Waals surface area contributed by atoms with Crippen LogP contribution in [0.3, 0.4) is 0 Å². The molecular weight excluding hydrogens is 386 g/mol. The third kappa shape index (κ3) is 4.19. The van der Waals surface area contributed by atoms with Gasteiger partial charge in [0.05, 0.1) is 0 Å². The standard InChI is InChI=1S/C18H18BrN3OS/c1-13-5-3-4-6-16(13)23-11-17-20-21-18(22(17)2)24-12-14-7-9-15(19)10-8-14/h3-10H,11-12H2,1-2H3. The Morgan fingerprint density at radius 1 is 1.08 bits per heavy atom. The third-order valence-corrected chi connectivity index (χ3v) is 5.28. The van der Waals surface area contributed by atoms with Gasteiger partial charge in [0.15, 0.2) is 11.0 Å². The Labute approximate surface area is 154 Å². The van der Waals surface area contributed by atoms with Crippen LogP contribution >= 0.6 is 27.7 Å². The molecule has 0 amide bonds. The molecule has 0 fully saturated rings. The second-order valence-electron chi connectivity index (χ2n) is 5.43. The lowest BCUT2D eigenvalue weighted by molar-refractivity contribution is 0.288. The molecule has 0 aliphatic rings. The molecular formula is C18H18BrN3OS. The molecule has 0 spiro atoms. The lowest BCUT2D eigenvalue weighted by atomic mass is 10.2. The predicted molar refractivity (Wildman–Crippen MR) is 100 cm³/mol. The minimum absolute atomic E-state index is 0.410. The average Bonchev–Trinajstić information content (AvgIpc) is 2.94. The molecule has 4 nitrogen and oxygen atoms in total. The Hall–Kier alpha value is -1.79. The maximum atomic E-state index is 5.86. The van der Waals surface area contributed by atoms with Crippen LogP contribution in [0.2, 0.25) is 0 Å². The highest BCUT2D eigenvalue weighted by molar-refractivity contribution is 9.10. The van der Waals surface area contributed by atoms with E-state index in [1.54, 1.807) is 11.8 Å². The number of aromatic nitrogens is 3. The molecule has 6 heteroatoms. The molecule has 1 heterocycles. The van der Waals surface area contributed by atoms with Crippen LogP contribution in [0.15, 0.2) is 58.2 Å². The summed E-state index contributed by atoms with van der Waals surface area (Å²) in [5, 5.41) is 9.41. The summed E-state index contributed by atoms with van der Waals surface area (Å²) in [5.74, 6) is 2.55. The number of hydrogen-bond acceptors (Lipinski definition) is 4. The van der Waals surface area contributed by atoms with Crippen LogP contribution in [0.4, 0.5) is 0 Å². The van der Waals surface area contributed by atoms with Crippen molar-refractivity contribution in [2.24, 2.45) is 7.05 Å². The molecule has 0 aliphatic carbocycles. The summed E-state index contributed by atoms with van der Waals surface area (Å²) in [6.45, 7) is 2.44. The molecule has 0 saturated carbocycles. The molecule has 0 atom stereocenters. The van der Waals surface area contributed by atoms with E-state index >= 15 is 0 Å². The van der Waals surface area contributed by atoms with Gasteiger partial charge in [-0.25, -0.2) is 0 Å². The molecule has 0 saturated heterocycles. The minimum Gasteiger partial charge on any atom is -0.485 e. The molecule has 3 aromatic rings. The molecule has 24 heavy (non-hydrogen) atoms. The first kappa shape index (κ1) is 17.0. The smallest absolute Gasteiger partial charge is 0.191 e. The maximum absolute atomic E-state index is 5.86. The summed E-state index contributed by atoms with van der Waals surface area (Å²) in [6, 6.07) is 16.3. The van der Waals surface area contributed by atoms with Crippen LogP contribution in [0.5, 0.6) is 5.75 Å². The number of thioether (sulfide) groups is 1. The van der Waals surface area contributed by atoms with Gasteiger partial charge in [-0.15, -0.1) is 10.2 Å². The molecule has 2 aromatic carbocycles. The molecule has 0 unspecified atom stereocenters. The molecule has 124 valence electrons. The van der Waals surface area contributed by atoms with Crippen molar-refractivity contribution in [1.29, 1.82) is 0 Å². The van der Waals surface area contributed by atoms with Crippen molar-refractivity contribution in [3.05, 3.63) is 70.0 Å². The van der Waals surface area contributed by atoms with Crippen molar-refractivity contribution in [1.82, 2.24) is 14.8 Å². The molecule has 3 rings (SSSR count). The van der Waals surface area contributed by atoms with Crippen LogP contribution in [-0.4, -0.2) is 14.8 Å². The lowest BCUT2D eigenvalue weighted by Gasteiger charge is -2.08. The number of halogens is 1. The molecule has 0 radical (unpaired) electrons. The zero-order chi connectivity index (χ0) is 16.9. The average molecular weight is 404 g/mol. The normalized spacial score (nSPS) is 10.8. The summed E-state index contributed by atoms with van der Waals surface area (Å²) < 4.78 is 8.93. The second-order valence-corrected chi connectivity index (χ2v) is 7.29. The van der Waals surface area contributed by atoms with E-state index in [1.807, 2.05) is 54.9 Å². The molecule has 0 bridgehead atoms. The van der Waals surface area contributed by atoms with Crippen molar-refractivity contribution in [2.45, 2.75) is 24.4 Å². The first-order chi connectivity index (χ1) is 11.6. The maximum Gasteiger partial charge on any atom is 0.191 e. The summed E-state index contributed by atoms with van der Waals surface area (Å²) in [5.41, 5.74) is 2.37. The summed E-state index contributed by atoms with van der Waals surface area (Å²) in [4.78, 5) is 0. The quantitative estimate of drug-likeness (QED) is 0.556. The lowest BCUT2D eigenvalue weighted by Crippen LogP contribution is -2.04. The molecule has 0 N–H and O–H groups in total. The van der Waals surface area contributed by atoms with E-state index in [0.717, 1.165) is 32.5 Å². The van der Waals surface area contributed by atoms with E-state index in [0.29, 0.717) is 6.61 Å². The van der Waals surface area contributed by atoms with Crippen molar-refractivity contribution < 1.29 is 4.74 Å². The van der Waals surface area contributed by atoms with Gasteiger partial charge >= 0.3 is 0 Å². The number of para-hydroxylation sites is 1. The van der Waals surface area contributed by atoms with Gasteiger partial charge in [0.1, 0.15) is 12.4 Å². The van der Waals surface area contributed by atoms with Crippen molar-refractivity contribution in [2.75, 3.05) is 0 Å². The fourth-order valence-corrected chi connectivity index (χ4v) is 3.34. The topological polar surface area (TPSA) is 39.9 Å². The Morgan fingerprint density at radius 3 is 2.58 bits per heavy atom. The van der Waals surface area contributed by atoms with E-state index < -0.39 is 0 Å². The molecule has 1 aromatic heterocycles. The van der Waals surface area contributed by atoms with Gasteiger partial charge in [-0.05, 0) is 36.2 Å². The Bertz CT molecular complexity index is 817. The highest BCUT2D eigenvalue weighted by Crippen LogP contribution is 2.23. The van der Waals surface area contributed by atoms with Gasteiger partial charge in [-0.2, -0.15) is 0 Å². The van der Waals surface area contributed by atoms with E-state index in [9.17, 15) is 0 Å². The van der Waals surface area contributed by atoms with Gasteiger partial charge in [0, 0.05) is 17.3 Å². The number of benzene rings is 2. The van der Waals surface area contributed by atoms with Gasteiger partial charge in [0.2, 0.25) is 0 Å². The summed E-state index contributed by atoms with van der Waals surface area (Å²) in [6.07, 6.45) is 0. The Morgan fingerprint density at radius 2 is 1.83 bits per heavy atom. The van der Waals surface area contributed by atoms with Gasteiger partial charge in [-0.1, -0.05) is 58.0 Å². The first-order valence-corrected chi connectivity index (χ1v) is 9.35. The zero-order valence-corrected chi connectivity index (χ0v) is 16.0. The highest BCUT2D eigenvalue weighted by atomic mass is 79.9.